The van der Waals surface area contributed by atoms with Gasteiger partial charge in [-0.05, 0) is 36.5 Å². The Hall–Kier alpha value is -3.36. The minimum Gasteiger partial charge on any atom is -0.482 e. The van der Waals surface area contributed by atoms with Crippen LogP contribution in [0.15, 0.2) is 33.9 Å². The Kier molecular flexibility index (Phi) is 6.94. The van der Waals surface area contributed by atoms with E-state index in [1.165, 1.54) is 4.57 Å². The number of aryl methyl sites for hydroxylation is 1. The number of nitrogens with one attached hydrogen (secondary N) is 1. The molecule has 9 heteroatoms. The van der Waals surface area contributed by atoms with Gasteiger partial charge in [0.25, 0.3) is 5.56 Å². The van der Waals surface area contributed by atoms with Crippen LogP contribution in [0.2, 0.25) is 0 Å². The third-order valence-corrected chi connectivity index (χ3v) is 5.12. The predicted octanol–water partition coefficient (Wildman–Crippen LogP) is 2.52. The molecule has 3 rings (SSSR count). The van der Waals surface area contributed by atoms with Crippen molar-refractivity contribution < 1.29 is 14.6 Å². The molecule has 0 aliphatic rings. The monoisotopic (exact) mass is 428 g/mol. The van der Waals surface area contributed by atoms with Crippen LogP contribution in [0.25, 0.3) is 11.2 Å². The van der Waals surface area contributed by atoms with Crippen molar-refractivity contribution in [3.05, 3.63) is 56.5 Å². The van der Waals surface area contributed by atoms with Crippen LogP contribution in [-0.2, 0) is 24.3 Å². The molecular formula is C22H28N4O5. The van der Waals surface area contributed by atoms with E-state index < -0.39 is 5.97 Å². The molecule has 0 aliphatic heterocycles. The topological polar surface area (TPSA) is 119 Å². The number of nitrogens with zero attached hydrogens (tertiary/aromatic N) is 3. The second kappa shape index (κ2) is 9.63. The zero-order valence-corrected chi connectivity index (χ0v) is 18.1. The lowest BCUT2D eigenvalue weighted by Crippen LogP contribution is -2.40. The van der Waals surface area contributed by atoms with Gasteiger partial charge in [0.1, 0.15) is 17.1 Å². The highest BCUT2D eigenvalue weighted by Crippen LogP contribution is 2.22. The molecule has 166 valence electrons. The van der Waals surface area contributed by atoms with Gasteiger partial charge in [-0.25, -0.2) is 14.6 Å². The first-order valence-electron chi connectivity index (χ1n) is 10.5. The fraction of sp³-hybridized carbons (Fsp3) is 0.455. The Morgan fingerprint density at radius 1 is 1.13 bits per heavy atom. The average molecular weight is 428 g/mol. The average Bonchev–Trinajstić information content (AvgIpc) is 3.16. The summed E-state index contributed by atoms with van der Waals surface area (Å²) in [5, 5.41) is 8.70. The summed E-state index contributed by atoms with van der Waals surface area (Å²) in [7, 11) is 0. The van der Waals surface area contributed by atoms with Crippen LogP contribution in [0.4, 0.5) is 0 Å². The summed E-state index contributed by atoms with van der Waals surface area (Å²) in [6.45, 7) is 6.43. The Bertz CT molecular complexity index is 1170. The van der Waals surface area contributed by atoms with Crippen LogP contribution in [0.3, 0.4) is 0 Å². The zero-order valence-electron chi connectivity index (χ0n) is 18.1. The maximum atomic E-state index is 12.8. The number of hydrogen-bond donors (Lipinski definition) is 2. The Morgan fingerprint density at radius 3 is 2.39 bits per heavy atom. The van der Waals surface area contributed by atoms with Gasteiger partial charge in [-0.2, -0.15) is 0 Å². The van der Waals surface area contributed by atoms with Crippen molar-refractivity contribution in [2.75, 3.05) is 6.61 Å². The van der Waals surface area contributed by atoms with Gasteiger partial charge in [0.2, 0.25) is 0 Å². The molecular weight excluding hydrogens is 400 g/mol. The van der Waals surface area contributed by atoms with Crippen molar-refractivity contribution in [2.45, 2.75) is 59.0 Å². The molecule has 1 atom stereocenters. The van der Waals surface area contributed by atoms with E-state index in [1.54, 1.807) is 16.7 Å². The van der Waals surface area contributed by atoms with E-state index in [4.69, 9.17) is 9.84 Å². The van der Waals surface area contributed by atoms with Crippen LogP contribution < -0.4 is 16.0 Å². The van der Waals surface area contributed by atoms with E-state index in [-0.39, 0.29) is 23.8 Å². The molecule has 0 spiro atoms. The number of aromatic nitrogens is 4. The first-order chi connectivity index (χ1) is 14.8. The highest BCUT2D eigenvalue weighted by atomic mass is 16.5. The second-order valence-electron chi connectivity index (χ2n) is 7.63. The first-order valence-corrected chi connectivity index (χ1v) is 10.5. The molecule has 0 saturated carbocycles. The highest BCUT2D eigenvalue weighted by Gasteiger charge is 2.18. The number of aromatic amines is 1. The number of imidazole rings is 1. The molecule has 0 bridgehead atoms. The normalized spacial score (nSPS) is 12.2. The summed E-state index contributed by atoms with van der Waals surface area (Å²) < 4.78 is 8.02. The van der Waals surface area contributed by atoms with Crippen molar-refractivity contribution in [3.63, 3.8) is 0 Å². The van der Waals surface area contributed by atoms with Gasteiger partial charge in [-0.3, -0.25) is 13.9 Å². The van der Waals surface area contributed by atoms with Crippen molar-refractivity contribution >= 4 is 17.1 Å². The lowest BCUT2D eigenvalue weighted by Gasteiger charge is -2.11. The highest BCUT2D eigenvalue weighted by molar-refractivity contribution is 5.70. The summed E-state index contributed by atoms with van der Waals surface area (Å²) in [5.74, 6) is 0.187. The van der Waals surface area contributed by atoms with E-state index in [1.807, 2.05) is 32.9 Å². The Balaban J connectivity index is 1.88. The van der Waals surface area contributed by atoms with Crippen LogP contribution in [0, 0.1) is 0 Å². The molecule has 2 heterocycles. The minimum absolute atomic E-state index is 0.0818. The van der Waals surface area contributed by atoms with Crippen LogP contribution in [-0.4, -0.2) is 36.8 Å². The van der Waals surface area contributed by atoms with Crippen LogP contribution in [0.1, 0.15) is 50.9 Å². The Morgan fingerprint density at radius 2 is 1.77 bits per heavy atom. The minimum atomic E-state index is -1.03. The number of hydrogen-bond acceptors (Lipinski definition) is 5. The fourth-order valence-electron chi connectivity index (χ4n) is 3.60. The summed E-state index contributed by atoms with van der Waals surface area (Å²) in [6.07, 6.45) is 2.00. The van der Waals surface area contributed by atoms with Crippen molar-refractivity contribution in [1.82, 2.24) is 19.1 Å². The molecule has 1 aromatic carbocycles. The molecule has 31 heavy (non-hydrogen) atoms. The number of H-pyrrole nitrogens is 1. The Labute approximate surface area is 179 Å². The lowest BCUT2D eigenvalue weighted by atomic mass is 9.97. The first kappa shape index (κ1) is 22.3. The van der Waals surface area contributed by atoms with Gasteiger partial charge in [0.15, 0.2) is 12.3 Å². The molecule has 0 amide bonds. The lowest BCUT2D eigenvalue weighted by molar-refractivity contribution is -0.139. The zero-order chi connectivity index (χ0) is 22.5. The number of fused-ring (bicyclic) bond motifs is 1. The van der Waals surface area contributed by atoms with Crippen molar-refractivity contribution in [2.24, 2.45) is 0 Å². The number of aliphatic carboxylic acids is 1. The number of ether oxygens (including phenoxy) is 1. The molecule has 0 radical (unpaired) electrons. The molecule has 2 aromatic heterocycles. The summed E-state index contributed by atoms with van der Waals surface area (Å²) in [5.41, 5.74) is 1.15. The molecule has 1 unspecified atom stereocenters. The van der Waals surface area contributed by atoms with Gasteiger partial charge in [-0.15, -0.1) is 0 Å². The van der Waals surface area contributed by atoms with Gasteiger partial charge in [-0.1, -0.05) is 32.9 Å². The third-order valence-electron chi connectivity index (χ3n) is 5.12. The molecule has 3 aromatic rings. The standard InChI is InChI=1S/C22H28N4O5/c1-4-10-25-20-19(21(29)26(11-5-2)22(25)30)23-17(24-20)12-14(3)15-6-8-16(9-7-15)31-13-18(27)28/h6-9,14H,4-5,10-13H2,1-3H3,(H,23,24)(H,27,28). The molecule has 9 nitrogen and oxygen atoms in total. The SMILES string of the molecule is CCCn1c(=O)c2[nH]c(CC(C)c3ccc(OCC(=O)O)cc3)nc2n(CCC)c1=O. The summed E-state index contributed by atoms with van der Waals surface area (Å²) >= 11 is 0. The molecule has 0 fully saturated rings. The third kappa shape index (κ3) is 4.87. The quantitative estimate of drug-likeness (QED) is 0.512. The summed E-state index contributed by atoms with van der Waals surface area (Å²) in [6, 6.07) is 7.23. The van der Waals surface area contributed by atoms with E-state index >= 15 is 0 Å². The number of carbonyl (C=O) groups is 1. The van der Waals surface area contributed by atoms with E-state index in [0.717, 1.165) is 12.0 Å². The number of carboxylic acids is 1. The van der Waals surface area contributed by atoms with Crippen LogP contribution in [0.5, 0.6) is 5.75 Å². The molecule has 2 N–H and O–H groups in total. The predicted molar refractivity (Wildman–Crippen MR) is 117 cm³/mol. The summed E-state index contributed by atoms with van der Waals surface area (Å²) in [4.78, 5) is 44.0. The number of benzene rings is 1. The van der Waals surface area contributed by atoms with E-state index in [2.05, 4.69) is 9.97 Å². The van der Waals surface area contributed by atoms with Crippen LogP contribution >= 0.6 is 0 Å². The smallest absolute Gasteiger partial charge is 0.341 e. The fourth-order valence-corrected chi connectivity index (χ4v) is 3.60. The maximum Gasteiger partial charge on any atom is 0.341 e. The molecule has 0 saturated heterocycles. The number of carboxylic acid groups (broad SMARTS) is 1. The molecule has 0 aliphatic carbocycles. The van der Waals surface area contributed by atoms with Crippen molar-refractivity contribution in [3.8, 4) is 5.75 Å². The second-order valence-corrected chi connectivity index (χ2v) is 7.63. The van der Waals surface area contributed by atoms with Gasteiger partial charge < -0.3 is 14.8 Å². The van der Waals surface area contributed by atoms with Gasteiger partial charge in [0, 0.05) is 19.5 Å². The largest absolute Gasteiger partial charge is 0.482 e. The van der Waals surface area contributed by atoms with E-state index in [0.29, 0.717) is 48.7 Å². The van der Waals surface area contributed by atoms with Crippen molar-refractivity contribution in [1.29, 1.82) is 0 Å². The number of rotatable bonds is 10. The van der Waals surface area contributed by atoms with E-state index in [9.17, 15) is 14.4 Å². The van der Waals surface area contributed by atoms with Gasteiger partial charge in [0.05, 0.1) is 0 Å². The van der Waals surface area contributed by atoms with Gasteiger partial charge >= 0.3 is 11.7 Å². The maximum absolute atomic E-state index is 12.8.